The summed E-state index contributed by atoms with van der Waals surface area (Å²) in [4.78, 5) is 30.2. The van der Waals surface area contributed by atoms with E-state index in [0.717, 1.165) is 4.70 Å². The van der Waals surface area contributed by atoms with Gasteiger partial charge in [-0.15, -0.1) is 11.3 Å². The van der Waals surface area contributed by atoms with Gasteiger partial charge in [-0.05, 0) is 38.8 Å². The number of hydrogen-bond donors (Lipinski definition) is 0. The fourth-order valence-electron chi connectivity index (χ4n) is 4.34. The number of piperidine rings is 1. The SMILES string of the molecule is CC1CN(C(=O)C2CCN(C(=O)c3sc4cc(Cl)cc(Cl)c4c3Cl)CC2)CC(C)O1. The maximum Gasteiger partial charge on any atom is 0.265 e. The fourth-order valence-corrected chi connectivity index (χ4v) is 6.68. The summed E-state index contributed by atoms with van der Waals surface area (Å²) in [6.07, 6.45) is 1.41. The molecule has 0 aliphatic carbocycles. The molecule has 2 amide bonds. The van der Waals surface area contributed by atoms with Crippen LogP contribution in [0.4, 0.5) is 0 Å². The van der Waals surface area contributed by atoms with E-state index in [1.807, 2.05) is 18.7 Å². The number of ether oxygens (including phenoxy) is 1. The van der Waals surface area contributed by atoms with Gasteiger partial charge in [-0.1, -0.05) is 34.8 Å². The molecule has 2 fully saturated rings. The molecule has 2 aliphatic heterocycles. The van der Waals surface area contributed by atoms with Crippen molar-refractivity contribution in [1.29, 1.82) is 0 Å². The third kappa shape index (κ3) is 4.30. The van der Waals surface area contributed by atoms with Crippen LogP contribution < -0.4 is 0 Å². The number of carbonyl (C=O) groups is 2. The average molecular weight is 490 g/mol. The highest BCUT2D eigenvalue weighted by molar-refractivity contribution is 7.21. The van der Waals surface area contributed by atoms with Gasteiger partial charge in [0.2, 0.25) is 5.91 Å². The van der Waals surface area contributed by atoms with Crippen LogP contribution in [0.1, 0.15) is 36.4 Å². The van der Waals surface area contributed by atoms with E-state index in [1.165, 1.54) is 11.3 Å². The van der Waals surface area contributed by atoms with Crippen molar-refractivity contribution < 1.29 is 14.3 Å². The molecule has 0 spiro atoms. The first-order chi connectivity index (χ1) is 14.2. The van der Waals surface area contributed by atoms with Crippen LogP contribution in [-0.4, -0.2) is 60.0 Å². The Hall–Kier alpha value is -1.05. The van der Waals surface area contributed by atoms with Crippen molar-refractivity contribution in [1.82, 2.24) is 9.80 Å². The second kappa shape index (κ2) is 8.83. The van der Waals surface area contributed by atoms with Crippen molar-refractivity contribution in [2.75, 3.05) is 26.2 Å². The number of benzene rings is 1. The fraction of sp³-hybridized carbons (Fsp3) is 0.524. The zero-order valence-electron chi connectivity index (χ0n) is 16.8. The van der Waals surface area contributed by atoms with E-state index in [9.17, 15) is 9.59 Å². The minimum absolute atomic E-state index is 0.0507. The lowest BCUT2D eigenvalue weighted by molar-refractivity contribution is -0.148. The van der Waals surface area contributed by atoms with Crippen LogP contribution in [0, 0.1) is 5.92 Å². The standard InChI is InChI=1S/C21H23Cl3N2O3S/c1-11-9-26(10-12(2)29-11)20(27)13-3-5-25(6-4-13)21(28)19-18(24)17-15(23)7-14(22)8-16(17)30-19/h7-8,11-13H,3-6,9-10H2,1-2H3. The highest BCUT2D eigenvalue weighted by Crippen LogP contribution is 2.42. The summed E-state index contributed by atoms with van der Waals surface area (Å²) >= 11 is 20.2. The van der Waals surface area contributed by atoms with E-state index >= 15 is 0 Å². The first kappa shape index (κ1) is 22.2. The molecule has 0 N–H and O–H groups in total. The van der Waals surface area contributed by atoms with Gasteiger partial charge in [0, 0.05) is 47.2 Å². The Labute approximate surface area is 194 Å². The molecule has 1 aromatic heterocycles. The number of hydrogen-bond acceptors (Lipinski definition) is 4. The molecular weight excluding hydrogens is 467 g/mol. The van der Waals surface area contributed by atoms with Crippen LogP contribution in [-0.2, 0) is 9.53 Å². The van der Waals surface area contributed by atoms with Crippen molar-refractivity contribution in [3.63, 3.8) is 0 Å². The van der Waals surface area contributed by atoms with Crippen LogP contribution in [0.2, 0.25) is 15.1 Å². The highest BCUT2D eigenvalue weighted by atomic mass is 35.5. The van der Waals surface area contributed by atoms with E-state index in [2.05, 4.69) is 0 Å². The van der Waals surface area contributed by atoms with Crippen LogP contribution in [0.25, 0.3) is 10.1 Å². The molecule has 2 aromatic rings. The average Bonchev–Trinajstić information content (AvgIpc) is 3.02. The van der Waals surface area contributed by atoms with Gasteiger partial charge in [-0.25, -0.2) is 0 Å². The van der Waals surface area contributed by atoms with Gasteiger partial charge < -0.3 is 14.5 Å². The molecule has 5 nitrogen and oxygen atoms in total. The van der Waals surface area contributed by atoms with E-state index < -0.39 is 0 Å². The number of thiophene rings is 1. The summed E-state index contributed by atoms with van der Waals surface area (Å²) in [6, 6.07) is 3.40. The molecule has 2 saturated heterocycles. The van der Waals surface area contributed by atoms with Crippen LogP contribution in [0.5, 0.6) is 0 Å². The predicted octanol–water partition coefficient (Wildman–Crippen LogP) is 5.35. The van der Waals surface area contributed by atoms with Crippen molar-refractivity contribution in [3.8, 4) is 0 Å². The Bertz CT molecular complexity index is 978. The summed E-state index contributed by atoms with van der Waals surface area (Å²) in [7, 11) is 0. The molecule has 2 aliphatic rings. The molecule has 1 aromatic carbocycles. The molecular formula is C21H23Cl3N2O3S. The maximum atomic E-state index is 13.1. The number of rotatable bonds is 2. The van der Waals surface area contributed by atoms with Crippen molar-refractivity contribution in [3.05, 3.63) is 32.1 Å². The predicted molar refractivity (Wildman–Crippen MR) is 122 cm³/mol. The normalized spacial score (nSPS) is 23.2. The second-order valence-electron chi connectivity index (χ2n) is 8.07. The van der Waals surface area contributed by atoms with Crippen LogP contribution >= 0.6 is 46.1 Å². The Balaban J connectivity index is 1.44. The molecule has 4 rings (SSSR count). The van der Waals surface area contributed by atoms with Crippen LogP contribution in [0.3, 0.4) is 0 Å². The zero-order chi connectivity index (χ0) is 21.6. The number of nitrogens with zero attached hydrogens (tertiary/aromatic N) is 2. The monoisotopic (exact) mass is 488 g/mol. The molecule has 3 heterocycles. The number of amides is 2. The summed E-state index contributed by atoms with van der Waals surface area (Å²) in [5.74, 6) is -0.00370. The first-order valence-corrected chi connectivity index (χ1v) is 12.0. The molecule has 162 valence electrons. The molecule has 2 atom stereocenters. The van der Waals surface area contributed by atoms with Gasteiger partial charge in [0.05, 0.1) is 22.3 Å². The summed E-state index contributed by atoms with van der Waals surface area (Å²) in [5.41, 5.74) is 0. The van der Waals surface area contributed by atoms with Crippen LogP contribution in [0.15, 0.2) is 12.1 Å². The number of carbonyl (C=O) groups excluding carboxylic acids is 2. The minimum atomic E-state index is -0.118. The Morgan fingerprint density at radius 1 is 1.03 bits per heavy atom. The second-order valence-corrected chi connectivity index (χ2v) is 10.3. The Kier molecular flexibility index (Phi) is 6.52. The molecule has 30 heavy (non-hydrogen) atoms. The third-order valence-corrected chi connectivity index (χ3v) is 7.84. The van der Waals surface area contributed by atoms with Gasteiger partial charge >= 0.3 is 0 Å². The largest absolute Gasteiger partial charge is 0.372 e. The topological polar surface area (TPSA) is 49.9 Å². The third-order valence-electron chi connectivity index (χ3n) is 5.71. The molecule has 0 bridgehead atoms. The van der Waals surface area contributed by atoms with Gasteiger partial charge in [0.1, 0.15) is 4.88 Å². The Morgan fingerprint density at radius 3 is 2.30 bits per heavy atom. The summed E-state index contributed by atoms with van der Waals surface area (Å²) < 4.78 is 6.52. The first-order valence-electron chi connectivity index (χ1n) is 10.0. The lowest BCUT2D eigenvalue weighted by atomic mass is 9.94. The number of halogens is 3. The number of likely N-dealkylation sites (tertiary alicyclic amines) is 1. The van der Waals surface area contributed by atoms with Gasteiger partial charge in [0.15, 0.2) is 0 Å². The molecule has 0 radical (unpaired) electrons. The van der Waals surface area contributed by atoms with Crippen molar-refractivity contribution >= 4 is 68.0 Å². The summed E-state index contributed by atoms with van der Waals surface area (Å²) in [6.45, 7) is 6.30. The van der Waals surface area contributed by atoms with Gasteiger partial charge in [0.25, 0.3) is 5.91 Å². The van der Waals surface area contributed by atoms with Gasteiger partial charge in [-0.3, -0.25) is 9.59 Å². The van der Waals surface area contributed by atoms with Crippen molar-refractivity contribution in [2.24, 2.45) is 5.92 Å². The lowest BCUT2D eigenvalue weighted by Gasteiger charge is -2.39. The van der Waals surface area contributed by atoms with E-state index in [0.29, 0.717) is 64.4 Å². The lowest BCUT2D eigenvalue weighted by Crippen LogP contribution is -2.51. The molecule has 0 saturated carbocycles. The smallest absolute Gasteiger partial charge is 0.265 e. The van der Waals surface area contributed by atoms with Crippen molar-refractivity contribution in [2.45, 2.75) is 38.9 Å². The zero-order valence-corrected chi connectivity index (χ0v) is 19.9. The van der Waals surface area contributed by atoms with E-state index in [4.69, 9.17) is 39.5 Å². The molecule has 9 heteroatoms. The van der Waals surface area contributed by atoms with E-state index in [1.54, 1.807) is 17.0 Å². The maximum absolute atomic E-state index is 13.1. The Morgan fingerprint density at radius 2 is 1.67 bits per heavy atom. The summed E-state index contributed by atoms with van der Waals surface area (Å²) in [5, 5.41) is 1.99. The highest BCUT2D eigenvalue weighted by Gasteiger charge is 2.34. The van der Waals surface area contributed by atoms with Gasteiger partial charge in [-0.2, -0.15) is 0 Å². The quantitative estimate of drug-likeness (QED) is 0.571. The molecule has 2 unspecified atom stereocenters. The number of morpholine rings is 1. The minimum Gasteiger partial charge on any atom is -0.372 e. The number of fused-ring (bicyclic) bond motifs is 1. The van der Waals surface area contributed by atoms with E-state index in [-0.39, 0.29) is 29.9 Å².